The van der Waals surface area contributed by atoms with Gasteiger partial charge >= 0.3 is 10.2 Å². The van der Waals surface area contributed by atoms with E-state index in [-0.39, 0.29) is 5.95 Å². The van der Waals surface area contributed by atoms with Crippen molar-refractivity contribution in [3.8, 4) is 5.69 Å². The third-order valence-corrected chi connectivity index (χ3v) is 5.02. The number of aryl methyl sites for hydroxylation is 2. The maximum absolute atomic E-state index is 11.9. The molecule has 3 aromatic rings. The quantitative estimate of drug-likeness (QED) is 0.624. The molecule has 0 aliphatic heterocycles. The third-order valence-electron chi connectivity index (χ3n) is 3.56. The number of anilines is 1. The Balaban J connectivity index is 1.78. The van der Waals surface area contributed by atoms with Crippen molar-refractivity contribution in [2.24, 2.45) is 10.2 Å². The minimum absolute atomic E-state index is 0.247. The van der Waals surface area contributed by atoms with Crippen molar-refractivity contribution in [2.45, 2.75) is 13.8 Å². The van der Waals surface area contributed by atoms with Crippen LogP contribution in [0.1, 0.15) is 11.5 Å². The van der Waals surface area contributed by atoms with Gasteiger partial charge in [-0.05, 0) is 38.1 Å². The second kappa shape index (κ2) is 7.25. The average Bonchev–Trinajstić information content (AvgIpc) is 3.19. The van der Waals surface area contributed by atoms with E-state index < -0.39 is 10.2 Å². The van der Waals surface area contributed by atoms with Gasteiger partial charge in [0.1, 0.15) is 11.5 Å². The van der Waals surface area contributed by atoms with Crippen molar-refractivity contribution in [2.75, 3.05) is 18.8 Å². The van der Waals surface area contributed by atoms with Gasteiger partial charge in [-0.15, -0.1) is 15.3 Å². The van der Waals surface area contributed by atoms with E-state index >= 15 is 0 Å². The zero-order valence-electron chi connectivity index (χ0n) is 15.2. The summed E-state index contributed by atoms with van der Waals surface area (Å²) in [5, 5.41) is 19.1. The number of nitrogens with zero attached hydrogens (tertiary/aromatic N) is 7. The lowest BCUT2D eigenvalue weighted by Gasteiger charge is -2.13. The molecule has 0 bridgehead atoms. The van der Waals surface area contributed by atoms with Gasteiger partial charge in [-0.3, -0.25) is 9.82 Å². The SMILES string of the molecule is Cc1nc(N=Nc2cn(-c3ccc(NS(=O)(=O)N(C)C)cc3)nc2C)n[nH]1. The van der Waals surface area contributed by atoms with E-state index in [4.69, 9.17) is 0 Å². The summed E-state index contributed by atoms with van der Waals surface area (Å²) in [6.45, 7) is 3.59. The van der Waals surface area contributed by atoms with Crippen LogP contribution in [-0.2, 0) is 10.2 Å². The molecule has 0 amide bonds. The first-order valence-corrected chi connectivity index (χ1v) is 9.36. The Labute approximate surface area is 156 Å². The van der Waals surface area contributed by atoms with Gasteiger partial charge in [-0.2, -0.15) is 22.8 Å². The molecule has 0 radical (unpaired) electrons. The first-order valence-electron chi connectivity index (χ1n) is 7.92. The Hall–Kier alpha value is -3.12. The van der Waals surface area contributed by atoms with Crippen molar-refractivity contribution < 1.29 is 8.42 Å². The molecule has 2 aromatic heterocycles. The van der Waals surface area contributed by atoms with Gasteiger partial charge in [0.25, 0.3) is 5.95 Å². The Morgan fingerprint density at radius 2 is 1.85 bits per heavy atom. The number of hydrogen-bond acceptors (Lipinski definition) is 7. The number of H-pyrrole nitrogens is 1. The Morgan fingerprint density at radius 1 is 1.15 bits per heavy atom. The van der Waals surface area contributed by atoms with Crippen molar-refractivity contribution in [3.63, 3.8) is 0 Å². The largest absolute Gasteiger partial charge is 0.301 e. The number of aromatic nitrogens is 5. The topological polar surface area (TPSA) is 134 Å². The summed E-state index contributed by atoms with van der Waals surface area (Å²) < 4.78 is 28.9. The van der Waals surface area contributed by atoms with Crippen LogP contribution in [0.25, 0.3) is 5.69 Å². The Morgan fingerprint density at radius 3 is 2.44 bits per heavy atom. The smallest absolute Gasteiger partial charge is 0.271 e. The van der Waals surface area contributed by atoms with Gasteiger partial charge in [-0.1, -0.05) is 0 Å². The predicted molar refractivity (Wildman–Crippen MR) is 99.8 cm³/mol. The summed E-state index contributed by atoms with van der Waals surface area (Å²) in [6.07, 6.45) is 1.72. The highest BCUT2D eigenvalue weighted by molar-refractivity contribution is 7.90. The minimum atomic E-state index is -3.54. The fraction of sp³-hybridized carbons (Fsp3) is 0.267. The van der Waals surface area contributed by atoms with E-state index in [1.165, 1.54) is 14.1 Å². The highest BCUT2D eigenvalue weighted by Crippen LogP contribution is 2.22. The van der Waals surface area contributed by atoms with Crippen LogP contribution >= 0.6 is 0 Å². The molecule has 0 aliphatic carbocycles. The molecule has 0 unspecified atom stereocenters. The summed E-state index contributed by atoms with van der Waals surface area (Å²) in [5.74, 6) is 0.901. The minimum Gasteiger partial charge on any atom is -0.271 e. The molecule has 12 heteroatoms. The average molecular weight is 389 g/mol. The second-order valence-corrected chi connectivity index (χ2v) is 7.79. The molecule has 0 saturated heterocycles. The van der Waals surface area contributed by atoms with E-state index in [9.17, 15) is 8.42 Å². The summed E-state index contributed by atoms with van der Waals surface area (Å²) in [5.41, 5.74) is 2.47. The van der Waals surface area contributed by atoms with Gasteiger partial charge in [-0.25, -0.2) is 4.68 Å². The highest BCUT2D eigenvalue weighted by Gasteiger charge is 2.13. The van der Waals surface area contributed by atoms with Crippen LogP contribution in [0.2, 0.25) is 0 Å². The fourth-order valence-electron chi connectivity index (χ4n) is 2.08. The van der Waals surface area contributed by atoms with Crippen molar-refractivity contribution >= 4 is 27.5 Å². The summed E-state index contributed by atoms with van der Waals surface area (Å²) >= 11 is 0. The lowest BCUT2D eigenvalue weighted by atomic mass is 10.3. The normalized spacial score (nSPS) is 12.2. The monoisotopic (exact) mass is 389 g/mol. The third kappa shape index (κ3) is 4.35. The Bertz CT molecular complexity index is 1070. The number of rotatable bonds is 6. The number of aromatic amines is 1. The molecule has 27 heavy (non-hydrogen) atoms. The standard InChI is InChI=1S/C15H19N9O2S/c1-10-14(18-20-15-16-11(2)17-19-15)9-24(21-10)13-7-5-12(6-8-13)22-27(25,26)23(3)4/h5-9,22H,1-4H3,(H,16,17,19). The molecular formula is C15H19N9O2S. The van der Waals surface area contributed by atoms with Crippen molar-refractivity contribution in [1.82, 2.24) is 29.3 Å². The van der Waals surface area contributed by atoms with E-state index in [0.29, 0.717) is 22.9 Å². The molecule has 3 rings (SSSR count). The predicted octanol–water partition coefficient (Wildman–Crippen LogP) is 2.24. The van der Waals surface area contributed by atoms with Crippen LogP contribution in [0.15, 0.2) is 40.7 Å². The van der Waals surface area contributed by atoms with Crippen LogP contribution in [-0.4, -0.2) is 51.8 Å². The van der Waals surface area contributed by atoms with Crippen LogP contribution in [0.4, 0.5) is 17.3 Å². The first-order chi connectivity index (χ1) is 12.7. The second-order valence-electron chi connectivity index (χ2n) is 5.90. The lowest BCUT2D eigenvalue weighted by Crippen LogP contribution is -2.28. The first kappa shape index (κ1) is 18.7. The van der Waals surface area contributed by atoms with Gasteiger partial charge in [0.05, 0.1) is 17.6 Å². The Kier molecular flexibility index (Phi) is 5.01. The van der Waals surface area contributed by atoms with Crippen LogP contribution in [0.3, 0.4) is 0 Å². The summed E-state index contributed by atoms with van der Waals surface area (Å²) in [4.78, 5) is 4.06. The van der Waals surface area contributed by atoms with Gasteiger partial charge < -0.3 is 0 Å². The van der Waals surface area contributed by atoms with Crippen molar-refractivity contribution in [3.05, 3.63) is 42.0 Å². The molecule has 142 valence electrons. The lowest BCUT2D eigenvalue weighted by molar-refractivity contribution is 0.527. The molecule has 0 spiro atoms. The van der Waals surface area contributed by atoms with E-state index in [2.05, 4.69) is 35.2 Å². The fourth-order valence-corrected chi connectivity index (χ4v) is 2.69. The van der Waals surface area contributed by atoms with Gasteiger partial charge in [0, 0.05) is 19.8 Å². The molecule has 2 N–H and O–H groups in total. The zero-order chi connectivity index (χ0) is 19.6. The van der Waals surface area contributed by atoms with Crippen LogP contribution in [0, 0.1) is 13.8 Å². The number of azo groups is 1. The molecule has 0 saturated carbocycles. The highest BCUT2D eigenvalue weighted by atomic mass is 32.2. The van der Waals surface area contributed by atoms with E-state index in [0.717, 1.165) is 9.99 Å². The molecular weight excluding hydrogens is 370 g/mol. The molecule has 0 fully saturated rings. The molecule has 2 heterocycles. The van der Waals surface area contributed by atoms with E-state index in [1.54, 1.807) is 42.1 Å². The number of benzene rings is 1. The summed E-state index contributed by atoms with van der Waals surface area (Å²) in [6, 6.07) is 6.81. The van der Waals surface area contributed by atoms with Gasteiger partial charge in [0.2, 0.25) is 0 Å². The maximum atomic E-state index is 11.9. The van der Waals surface area contributed by atoms with Crippen LogP contribution in [0.5, 0.6) is 0 Å². The van der Waals surface area contributed by atoms with Crippen molar-refractivity contribution in [1.29, 1.82) is 0 Å². The number of nitrogens with one attached hydrogen (secondary N) is 2. The molecule has 0 aliphatic rings. The van der Waals surface area contributed by atoms with E-state index in [1.807, 2.05) is 6.92 Å². The van der Waals surface area contributed by atoms with Gasteiger partial charge in [0.15, 0.2) is 0 Å². The summed E-state index contributed by atoms with van der Waals surface area (Å²) in [7, 11) is -0.629. The molecule has 0 atom stereocenters. The van der Waals surface area contributed by atoms with Crippen LogP contribution < -0.4 is 4.72 Å². The number of hydrogen-bond donors (Lipinski definition) is 2. The zero-order valence-corrected chi connectivity index (χ0v) is 16.1. The molecule has 1 aromatic carbocycles. The maximum Gasteiger partial charge on any atom is 0.301 e. The molecule has 11 nitrogen and oxygen atoms in total.